The van der Waals surface area contributed by atoms with E-state index in [2.05, 4.69) is 20.9 Å². The van der Waals surface area contributed by atoms with Crippen LogP contribution in [-0.2, 0) is 0 Å². The Morgan fingerprint density at radius 3 is 2.20 bits per heavy atom. The van der Waals surface area contributed by atoms with Crippen molar-refractivity contribution >= 4 is 50.7 Å². The maximum atomic E-state index is 6.01. The molecule has 2 nitrogen and oxygen atoms in total. The van der Waals surface area contributed by atoms with Crippen LogP contribution in [0.2, 0.25) is 10.0 Å². The number of hydrogen-bond donors (Lipinski definition) is 1. The summed E-state index contributed by atoms with van der Waals surface area (Å²) in [5.74, 6) is 0.682. The van der Waals surface area contributed by atoms with E-state index in [1.807, 2.05) is 13.8 Å². The van der Waals surface area contributed by atoms with E-state index in [4.69, 9.17) is 28.9 Å². The van der Waals surface area contributed by atoms with Crippen molar-refractivity contribution in [3.63, 3.8) is 0 Å². The zero-order valence-corrected chi connectivity index (χ0v) is 11.5. The molecule has 5 heteroatoms. The van der Waals surface area contributed by atoms with E-state index >= 15 is 0 Å². The van der Waals surface area contributed by atoms with Gasteiger partial charge in [0.05, 0.1) is 10.0 Å². The highest BCUT2D eigenvalue weighted by molar-refractivity contribution is 9.10. The number of aliphatic imine (C=N–C) groups is 1. The first-order chi connectivity index (χ1) is 6.91. The Morgan fingerprint density at radius 1 is 1.33 bits per heavy atom. The van der Waals surface area contributed by atoms with Crippen molar-refractivity contribution in [2.75, 3.05) is 0 Å². The number of hydrogen-bond acceptors (Lipinski definition) is 1. The fraction of sp³-hybridized carbons (Fsp3) is 0.300. The average molecular weight is 310 g/mol. The van der Waals surface area contributed by atoms with Gasteiger partial charge in [-0.2, -0.15) is 0 Å². The van der Waals surface area contributed by atoms with E-state index in [0.717, 1.165) is 4.47 Å². The molecule has 0 aliphatic heterocycles. The monoisotopic (exact) mass is 308 g/mol. The van der Waals surface area contributed by atoms with E-state index in [1.165, 1.54) is 0 Å². The van der Waals surface area contributed by atoms with E-state index in [-0.39, 0.29) is 5.92 Å². The van der Waals surface area contributed by atoms with Crippen LogP contribution in [0.4, 0.5) is 5.69 Å². The van der Waals surface area contributed by atoms with Crippen LogP contribution in [0.5, 0.6) is 0 Å². The van der Waals surface area contributed by atoms with E-state index < -0.39 is 0 Å². The van der Waals surface area contributed by atoms with E-state index in [9.17, 15) is 0 Å². The Kier molecular flexibility index (Phi) is 4.44. The third kappa shape index (κ3) is 3.37. The summed E-state index contributed by atoms with van der Waals surface area (Å²) < 4.78 is 0.819. The van der Waals surface area contributed by atoms with Gasteiger partial charge in [0.1, 0.15) is 11.5 Å². The third-order valence-electron chi connectivity index (χ3n) is 1.81. The maximum Gasteiger partial charge on any atom is 0.102 e. The molecule has 2 N–H and O–H groups in total. The van der Waals surface area contributed by atoms with Crippen molar-refractivity contribution in [2.45, 2.75) is 13.8 Å². The van der Waals surface area contributed by atoms with Crippen LogP contribution in [-0.4, -0.2) is 5.84 Å². The van der Waals surface area contributed by atoms with Gasteiger partial charge in [-0.05, 0) is 12.1 Å². The smallest absolute Gasteiger partial charge is 0.102 e. The van der Waals surface area contributed by atoms with Crippen LogP contribution in [0.1, 0.15) is 13.8 Å². The lowest BCUT2D eigenvalue weighted by Gasteiger charge is -2.07. The molecule has 82 valence electrons. The molecular weight excluding hydrogens is 299 g/mol. The summed E-state index contributed by atoms with van der Waals surface area (Å²) >= 11 is 15.3. The molecule has 0 saturated carbocycles. The van der Waals surface area contributed by atoms with E-state index in [0.29, 0.717) is 21.6 Å². The van der Waals surface area contributed by atoms with Gasteiger partial charge in [-0.25, -0.2) is 4.99 Å². The summed E-state index contributed by atoms with van der Waals surface area (Å²) in [4.78, 5) is 4.21. The summed E-state index contributed by atoms with van der Waals surface area (Å²) in [7, 11) is 0. The molecule has 0 aliphatic carbocycles. The Morgan fingerprint density at radius 2 is 1.80 bits per heavy atom. The molecule has 0 aliphatic rings. The van der Waals surface area contributed by atoms with Crippen molar-refractivity contribution < 1.29 is 0 Å². The van der Waals surface area contributed by atoms with Gasteiger partial charge in [0, 0.05) is 10.4 Å². The number of nitrogens with two attached hydrogens (primary N) is 1. The summed E-state index contributed by atoms with van der Waals surface area (Å²) in [6.45, 7) is 3.92. The Bertz CT molecular complexity index is 379. The SMILES string of the molecule is CC(C)C(N)=Nc1c(Cl)cc(Br)cc1Cl. The van der Waals surface area contributed by atoms with Crippen LogP contribution in [0.15, 0.2) is 21.6 Å². The molecule has 0 saturated heterocycles. The van der Waals surface area contributed by atoms with Gasteiger partial charge in [0.15, 0.2) is 0 Å². The Balaban J connectivity index is 3.21. The van der Waals surface area contributed by atoms with Gasteiger partial charge in [0.25, 0.3) is 0 Å². The first-order valence-corrected chi connectivity index (χ1v) is 5.95. The number of rotatable bonds is 2. The first kappa shape index (κ1) is 12.8. The normalized spacial score (nSPS) is 12.3. The number of benzene rings is 1. The van der Waals surface area contributed by atoms with Crippen LogP contribution in [0.25, 0.3) is 0 Å². The largest absolute Gasteiger partial charge is 0.387 e. The molecule has 0 radical (unpaired) electrons. The summed E-state index contributed by atoms with van der Waals surface area (Å²) in [6, 6.07) is 3.47. The second-order valence-electron chi connectivity index (χ2n) is 3.41. The van der Waals surface area contributed by atoms with Crippen LogP contribution < -0.4 is 5.73 Å². The van der Waals surface area contributed by atoms with Crippen molar-refractivity contribution in [2.24, 2.45) is 16.6 Å². The highest BCUT2D eigenvalue weighted by Crippen LogP contribution is 2.36. The molecule has 0 spiro atoms. The second-order valence-corrected chi connectivity index (χ2v) is 5.14. The van der Waals surface area contributed by atoms with Gasteiger partial charge in [-0.3, -0.25) is 0 Å². The molecule has 0 fully saturated rings. The molecule has 0 bridgehead atoms. The molecule has 0 aromatic heterocycles. The number of amidine groups is 1. The standard InChI is InChI=1S/C10H11BrCl2N2/c1-5(2)10(14)15-9-7(12)3-6(11)4-8(9)13/h3-5H,1-2H3,(H2,14,15). The molecular formula is C10H11BrCl2N2. The van der Waals surface area contributed by atoms with Crippen molar-refractivity contribution in [3.05, 3.63) is 26.7 Å². The maximum absolute atomic E-state index is 6.01. The van der Waals surface area contributed by atoms with Gasteiger partial charge in [-0.15, -0.1) is 0 Å². The lowest BCUT2D eigenvalue weighted by atomic mass is 10.2. The van der Waals surface area contributed by atoms with Crippen molar-refractivity contribution in [1.82, 2.24) is 0 Å². The fourth-order valence-electron chi connectivity index (χ4n) is 0.900. The third-order valence-corrected chi connectivity index (χ3v) is 2.85. The molecule has 1 aromatic carbocycles. The summed E-state index contributed by atoms with van der Waals surface area (Å²) in [5.41, 5.74) is 6.27. The van der Waals surface area contributed by atoms with Crippen LogP contribution in [0, 0.1) is 5.92 Å². The molecule has 15 heavy (non-hydrogen) atoms. The van der Waals surface area contributed by atoms with Gasteiger partial charge < -0.3 is 5.73 Å². The molecule has 0 unspecified atom stereocenters. The minimum absolute atomic E-state index is 0.167. The quantitative estimate of drug-likeness (QED) is 0.638. The lowest BCUT2D eigenvalue weighted by Crippen LogP contribution is -2.18. The molecule has 0 heterocycles. The van der Waals surface area contributed by atoms with Crippen LogP contribution >= 0.6 is 39.1 Å². The highest BCUT2D eigenvalue weighted by atomic mass is 79.9. The summed E-state index contributed by atoms with van der Waals surface area (Å²) in [6.07, 6.45) is 0. The number of nitrogens with zero attached hydrogens (tertiary/aromatic N) is 1. The molecule has 1 aromatic rings. The lowest BCUT2D eigenvalue weighted by molar-refractivity contribution is 0.873. The molecule has 1 rings (SSSR count). The molecule has 0 atom stereocenters. The Hall–Kier alpha value is -0.250. The van der Waals surface area contributed by atoms with Crippen LogP contribution in [0.3, 0.4) is 0 Å². The van der Waals surface area contributed by atoms with E-state index in [1.54, 1.807) is 12.1 Å². The predicted molar refractivity (Wildman–Crippen MR) is 70.3 cm³/mol. The minimum Gasteiger partial charge on any atom is -0.387 e. The van der Waals surface area contributed by atoms with Crippen molar-refractivity contribution in [1.29, 1.82) is 0 Å². The Labute approximate surface area is 108 Å². The van der Waals surface area contributed by atoms with Gasteiger partial charge in [-0.1, -0.05) is 53.0 Å². The number of halogens is 3. The predicted octanol–water partition coefficient (Wildman–Crippen LogP) is 4.40. The van der Waals surface area contributed by atoms with Gasteiger partial charge in [0.2, 0.25) is 0 Å². The molecule has 0 amide bonds. The highest BCUT2D eigenvalue weighted by Gasteiger charge is 2.08. The van der Waals surface area contributed by atoms with Crippen molar-refractivity contribution in [3.8, 4) is 0 Å². The second kappa shape index (κ2) is 5.19. The van der Waals surface area contributed by atoms with Gasteiger partial charge >= 0.3 is 0 Å². The topological polar surface area (TPSA) is 38.4 Å². The zero-order valence-electron chi connectivity index (χ0n) is 8.39. The average Bonchev–Trinajstić information content (AvgIpc) is 2.10. The fourth-order valence-corrected chi connectivity index (χ4v) is 2.19. The summed E-state index contributed by atoms with van der Waals surface area (Å²) in [5, 5.41) is 0.968. The first-order valence-electron chi connectivity index (χ1n) is 4.40. The minimum atomic E-state index is 0.167. The zero-order chi connectivity index (χ0) is 11.6.